The van der Waals surface area contributed by atoms with Gasteiger partial charge in [0, 0.05) is 6.42 Å². The summed E-state index contributed by atoms with van der Waals surface area (Å²) < 4.78 is 13.4. The van der Waals surface area contributed by atoms with Gasteiger partial charge in [0.1, 0.15) is 11.9 Å². The largest absolute Gasteiger partial charge is 0.481 e. The third-order valence-electron chi connectivity index (χ3n) is 2.83. The molecule has 0 aliphatic heterocycles. The molecule has 0 fully saturated rings. The first-order valence-electron chi connectivity index (χ1n) is 6.37. The molecule has 21 heavy (non-hydrogen) atoms. The van der Waals surface area contributed by atoms with Crippen molar-refractivity contribution in [1.82, 2.24) is 5.32 Å². The molecule has 0 unspecified atom stereocenters. The van der Waals surface area contributed by atoms with E-state index < -0.39 is 29.7 Å². The minimum Gasteiger partial charge on any atom is -0.481 e. The fourth-order valence-corrected chi connectivity index (χ4v) is 1.77. The van der Waals surface area contributed by atoms with Crippen LogP contribution in [0, 0.1) is 5.82 Å². The summed E-state index contributed by atoms with van der Waals surface area (Å²) >= 11 is 0. The lowest BCUT2D eigenvalue weighted by Crippen LogP contribution is -2.41. The van der Waals surface area contributed by atoms with Crippen LogP contribution >= 0.6 is 0 Å². The molecule has 0 aromatic heterocycles. The summed E-state index contributed by atoms with van der Waals surface area (Å²) in [6.07, 6.45) is -0.306. The predicted molar refractivity (Wildman–Crippen MR) is 71.2 cm³/mol. The van der Waals surface area contributed by atoms with Gasteiger partial charge in [0.2, 0.25) is 5.91 Å². The van der Waals surface area contributed by atoms with Crippen LogP contribution in [0.5, 0.6) is 0 Å². The molecular formula is C14H16FNO5. The molecule has 1 aromatic carbocycles. The Labute approximate surface area is 120 Å². The molecule has 0 aliphatic rings. The number of nitrogens with one attached hydrogen (secondary N) is 1. The van der Waals surface area contributed by atoms with E-state index >= 15 is 0 Å². The van der Waals surface area contributed by atoms with E-state index in [0.29, 0.717) is 0 Å². The van der Waals surface area contributed by atoms with E-state index in [1.54, 1.807) is 6.07 Å². The zero-order valence-corrected chi connectivity index (χ0v) is 11.2. The van der Waals surface area contributed by atoms with Gasteiger partial charge in [-0.05, 0) is 24.5 Å². The van der Waals surface area contributed by atoms with Gasteiger partial charge < -0.3 is 15.5 Å². The Balaban J connectivity index is 2.54. The van der Waals surface area contributed by atoms with Gasteiger partial charge in [-0.2, -0.15) is 0 Å². The van der Waals surface area contributed by atoms with Gasteiger partial charge in [0.15, 0.2) is 0 Å². The van der Waals surface area contributed by atoms with Gasteiger partial charge in [-0.25, -0.2) is 9.18 Å². The molecule has 0 heterocycles. The van der Waals surface area contributed by atoms with E-state index in [9.17, 15) is 18.8 Å². The molecule has 0 aliphatic carbocycles. The molecule has 1 amide bonds. The zero-order chi connectivity index (χ0) is 15.8. The lowest BCUT2D eigenvalue weighted by atomic mass is 10.1. The average molecular weight is 297 g/mol. The molecule has 3 N–H and O–H groups in total. The van der Waals surface area contributed by atoms with Gasteiger partial charge in [0.25, 0.3) is 0 Å². The van der Waals surface area contributed by atoms with Gasteiger partial charge in [-0.3, -0.25) is 9.59 Å². The van der Waals surface area contributed by atoms with Gasteiger partial charge >= 0.3 is 11.9 Å². The maximum absolute atomic E-state index is 13.4. The van der Waals surface area contributed by atoms with Gasteiger partial charge in [0.05, 0.1) is 6.42 Å². The molecule has 1 rings (SSSR count). The molecule has 0 saturated carbocycles. The summed E-state index contributed by atoms with van der Waals surface area (Å²) in [6, 6.07) is 4.54. The van der Waals surface area contributed by atoms with Gasteiger partial charge in [-0.1, -0.05) is 18.2 Å². The summed E-state index contributed by atoms with van der Waals surface area (Å²) in [5, 5.41) is 19.7. The summed E-state index contributed by atoms with van der Waals surface area (Å²) in [6.45, 7) is 0. The molecule has 0 saturated heterocycles. The van der Waals surface area contributed by atoms with Crippen LogP contribution in [0.15, 0.2) is 24.3 Å². The number of hydrogen-bond acceptors (Lipinski definition) is 3. The van der Waals surface area contributed by atoms with Crippen LogP contribution in [0.25, 0.3) is 0 Å². The maximum atomic E-state index is 13.4. The zero-order valence-electron chi connectivity index (χ0n) is 11.2. The first-order chi connectivity index (χ1) is 9.90. The van der Waals surface area contributed by atoms with E-state index in [0.717, 1.165) is 0 Å². The first kappa shape index (κ1) is 16.6. The molecule has 1 atom stereocenters. The second-order valence-corrected chi connectivity index (χ2v) is 4.51. The monoisotopic (exact) mass is 297 g/mol. The van der Waals surface area contributed by atoms with Crippen LogP contribution < -0.4 is 5.32 Å². The first-order valence-corrected chi connectivity index (χ1v) is 6.37. The van der Waals surface area contributed by atoms with Crippen LogP contribution in [0.2, 0.25) is 0 Å². The molecule has 0 bridgehead atoms. The third kappa shape index (κ3) is 6.03. The van der Waals surface area contributed by atoms with Crippen molar-refractivity contribution in [3.05, 3.63) is 35.6 Å². The van der Waals surface area contributed by atoms with Crippen LogP contribution in [-0.4, -0.2) is 34.1 Å². The van der Waals surface area contributed by atoms with Crippen molar-refractivity contribution in [3.8, 4) is 0 Å². The number of carboxylic acids is 2. The quantitative estimate of drug-likeness (QED) is 0.668. The van der Waals surface area contributed by atoms with Crippen molar-refractivity contribution in [2.45, 2.75) is 31.7 Å². The number of benzene rings is 1. The second-order valence-electron chi connectivity index (χ2n) is 4.51. The molecule has 7 heteroatoms. The fraction of sp³-hybridized carbons (Fsp3) is 0.357. The van der Waals surface area contributed by atoms with E-state index in [4.69, 9.17) is 10.2 Å². The minimum atomic E-state index is -1.25. The normalized spacial score (nSPS) is 11.7. The van der Waals surface area contributed by atoms with E-state index in [2.05, 4.69) is 5.32 Å². The van der Waals surface area contributed by atoms with Crippen molar-refractivity contribution < 1.29 is 29.0 Å². The van der Waals surface area contributed by atoms with Crippen molar-refractivity contribution in [2.24, 2.45) is 0 Å². The SMILES string of the molecule is O=C(O)CCC[C@@H](NC(=O)Cc1ccccc1F)C(=O)O. The highest BCUT2D eigenvalue weighted by atomic mass is 19.1. The van der Waals surface area contributed by atoms with Crippen molar-refractivity contribution in [3.63, 3.8) is 0 Å². The topological polar surface area (TPSA) is 104 Å². The lowest BCUT2D eigenvalue weighted by molar-refractivity contribution is -0.142. The number of aliphatic carboxylic acids is 2. The maximum Gasteiger partial charge on any atom is 0.326 e. The van der Waals surface area contributed by atoms with E-state index in [-0.39, 0.29) is 31.2 Å². The second kappa shape index (κ2) is 7.98. The average Bonchev–Trinajstić information content (AvgIpc) is 2.39. The molecule has 0 spiro atoms. The van der Waals surface area contributed by atoms with Crippen molar-refractivity contribution >= 4 is 17.8 Å². The number of carbonyl (C=O) groups excluding carboxylic acids is 1. The van der Waals surface area contributed by atoms with E-state index in [1.165, 1.54) is 18.2 Å². The van der Waals surface area contributed by atoms with Crippen LogP contribution in [0.4, 0.5) is 4.39 Å². The highest BCUT2D eigenvalue weighted by Crippen LogP contribution is 2.08. The van der Waals surface area contributed by atoms with Crippen LogP contribution in [-0.2, 0) is 20.8 Å². The number of rotatable bonds is 8. The highest BCUT2D eigenvalue weighted by Gasteiger charge is 2.20. The number of hydrogen-bond donors (Lipinski definition) is 3. The molecule has 114 valence electrons. The van der Waals surface area contributed by atoms with Gasteiger partial charge in [-0.15, -0.1) is 0 Å². The highest BCUT2D eigenvalue weighted by molar-refractivity contribution is 5.84. The summed E-state index contributed by atoms with van der Waals surface area (Å²) in [4.78, 5) is 33.1. The Morgan fingerprint density at radius 3 is 2.43 bits per heavy atom. The molecule has 6 nitrogen and oxygen atoms in total. The Hall–Kier alpha value is -2.44. The molecular weight excluding hydrogens is 281 g/mol. The molecule has 0 radical (unpaired) electrons. The summed E-state index contributed by atoms with van der Waals surface area (Å²) in [5.74, 6) is -3.44. The number of carbonyl (C=O) groups is 3. The van der Waals surface area contributed by atoms with Crippen LogP contribution in [0.1, 0.15) is 24.8 Å². The molecule has 1 aromatic rings. The Morgan fingerprint density at radius 2 is 1.86 bits per heavy atom. The third-order valence-corrected chi connectivity index (χ3v) is 2.83. The standard InChI is InChI=1S/C14H16FNO5/c15-10-5-2-1-4-9(10)8-12(17)16-11(14(20)21)6-3-7-13(18)19/h1-2,4-5,11H,3,6-8H2,(H,16,17)(H,18,19)(H,20,21)/t11-/m1/s1. The summed E-state index contributed by atoms with van der Waals surface area (Å²) in [7, 11) is 0. The van der Waals surface area contributed by atoms with Crippen LogP contribution in [0.3, 0.4) is 0 Å². The predicted octanol–water partition coefficient (Wildman–Crippen LogP) is 1.19. The minimum absolute atomic E-state index is 0.00461. The smallest absolute Gasteiger partial charge is 0.326 e. The van der Waals surface area contributed by atoms with Crippen molar-refractivity contribution in [2.75, 3.05) is 0 Å². The van der Waals surface area contributed by atoms with E-state index in [1.807, 2.05) is 0 Å². The number of amides is 1. The van der Waals surface area contributed by atoms with Crippen molar-refractivity contribution in [1.29, 1.82) is 0 Å². The number of halogens is 1. The number of carboxylic acid groups (broad SMARTS) is 2. The summed E-state index contributed by atoms with van der Waals surface area (Å²) in [5.41, 5.74) is 0.171. The fourth-order valence-electron chi connectivity index (χ4n) is 1.77. The lowest BCUT2D eigenvalue weighted by Gasteiger charge is -2.14. The Morgan fingerprint density at radius 1 is 1.19 bits per heavy atom. The Bertz CT molecular complexity index is 532. The Kier molecular flexibility index (Phi) is 6.32.